The number of thioether (sulfide) groups is 1. The molecule has 0 spiro atoms. The van der Waals surface area contributed by atoms with Gasteiger partial charge in [-0.1, -0.05) is 0 Å². The lowest BCUT2D eigenvalue weighted by atomic mass is 10.0. The molecule has 18 heavy (non-hydrogen) atoms. The van der Waals surface area contributed by atoms with Crippen LogP contribution in [-0.2, 0) is 14.4 Å². The number of fused-ring (bicyclic) bond motifs is 1. The molecule has 2 rings (SSSR count). The lowest BCUT2D eigenvalue weighted by molar-refractivity contribution is -0.147. The molecule has 3 atom stereocenters. The van der Waals surface area contributed by atoms with Gasteiger partial charge in [-0.3, -0.25) is 14.4 Å². The van der Waals surface area contributed by atoms with Crippen molar-refractivity contribution in [3.8, 4) is 0 Å². The number of hydrogen-bond acceptors (Lipinski definition) is 4. The van der Waals surface area contributed by atoms with Gasteiger partial charge in [0.1, 0.15) is 12.1 Å². The maximum absolute atomic E-state index is 11.9. The van der Waals surface area contributed by atoms with E-state index in [-0.39, 0.29) is 23.8 Å². The second-order valence-corrected chi connectivity index (χ2v) is 5.47. The Labute approximate surface area is 110 Å². The minimum Gasteiger partial charge on any atom is -0.350 e. The molecule has 2 aliphatic rings. The summed E-state index contributed by atoms with van der Waals surface area (Å²) < 4.78 is 0. The summed E-state index contributed by atoms with van der Waals surface area (Å²) in [6.07, 6.45) is 2.48. The third kappa shape index (κ3) is 2.31. The van der Waals surface area contributed by atoms with Crippen LogP contribution in [0.1, 0.15) is 13.3 Å². The van der Waals surface area contributed by atoms with Crippen molar-refractivity contribution in [3.05, 3.63) is 0 Å². The average Bonchev–Trinajstić information content (AvgIpc) is 2.70. The minimum atomic E-state index is -0.542. The maximum atomic E-state index is 11.9. The second-order valence-electron chi connectivity index (χ2n) is 4.60. The van der Waals surface area contributed by atoms with Crippen LogP contribution in [0, 0.1) is 0 Å². The molecule has 2 fully saturated rings. The monoisotopic (exact) mass is 271 g/mol. The molecule has 0 aliphatic carbocycles. The van der Waals surface area contributed by atoms with E-state index in [1.165, 1.54) is 11.8 Å². The van der Waals surface area contributed by atoms with E-state index < -0.39 is 12.1 Å². The van der Waals surface area contributed by atoms with Crippen molar-refractivity contribution in [1.82, 2.24) is 15.5 Å². The van der Waals surface area contributed by atoms with Crippen LogP contribution in [0.15, 0.2) is 0 Å². The van der Waals surface area contributed by atoms with Crippen molar-refractivity contribution < 1.29 is 14.4 Å². The van der Waals surface area contributed by atoms with E-state index >= 15 is 0 Å². The number of nitrogens with one attached hydrogen (secondary N) is 2. The zero-order chi connectivity index (χ0) is 13.3. The standard InChI is InChI=1S/C11H17N3O3S/c1-6-11(17)14-4-3-7(9(14)10(16)12-6)13-8(15)5-18-2/h6-7,9H,3-5H2,1-2H3,(H,12,16)(H,13,15)/t6-,7+,9+/m1/s1. The molecule has 6 nitrogen and oxygen atoms in total. The molecule has 2 heterocycles. The molecule has 0 saturated carbocycles. The summed E-state index contributed by atoms with van der Waals surface area (Å²) in [6, 6.07) is -1.27. The van der Waals surface area contributed by atoms with Gasteiger partial charge in [-0.05, 0) is 19.6 Å². The Morgan fingerprint density at radius 2 is 2.28 bits per heavy atom. The molecule has 0 bridgehead atoms. The molecule has 0 aromatic carbocycles. The van der Waals surface area contributed by atoms with Crippen LogP contribution in [0.25, 0.3) is 0 Å². The number of piperazine rings is 1. The number of hydrogen-bond donors (Lipinski definition) is 2. The van der Waals surface area contributed by atoms with Crippen molar-refractivity contribution in [2.45, 2.75) is 31.5 Å². The zero-order valence-electron chi connectivity index (χ0n) is 10.4. The Bertz CT molecular complexity index is 388. The number of amides is 3. The van der Waals surface area contributed by atoms with Gasteiger partial charge in [0.05, 0.1) is 11.8 Å². The van der Waals surface area contributed by atoms with E-state index in [1.807, 2.05) is 6.26 Å². The topological polar surface area (TPSA) is 78.5 Å². The van der Waals surface area contributed by atoms with Gasteiger partial charge in [-0.2, -0.15) is 11.8 Å². The fraction of sp³-hybridized carbons (Fsp3) is 0.727. The number of nitrogens with zero attached hydrogens (tertiary/aromatic N) is 1. The van der Waals surface area contributed by atoms with Crippen molar-refractivity contribution in [3.63, 3.8) is 0 Å². The van der Waals surface area contributed by atoms with Crippen LogP contribution in [0.3, 0.4) is 0 Å². The van der Waals surface area contributed by atoms with Gasteiger partial charge < -0.3 is 15.5 Å². The summed E-state index contributed by atoms with van der Waals surface area (Å²) in [4.78, 5) is 37.0. The third-order valence-electron chi connectivity index (χ3n) is 3.30. The normalized spacial score (nSPS) is 31.0. The smallest absolute Gasteiger partial charge is 0.245 e. The van der Waals surface area contributed by atoms with Gasteiger partial charge in [0, 0.05) is 6.54 Å². The predicted molar refractivity (Wildman–Crippen MR) is 68.0 cm³/mol. The molecule has 2 N–H and O–H groups in total. The highest BCUT2D eigenvalue weighted by atomic mass is 32.2. The summed E-state index contributed by atoms with van der Waals surface area (Å²) in [5, 5.41) is 5.48. The number of rotatable bonds is 3. The van der Waals surface area contributed by atoms with E-state index in [0.717, 1.165) is 0 Å². The highest BCUT2D eigenvalue weighted by Gasteiger charge is 2.47. The van der Waals surface area contributed by atoms with Crippen molar-refractivity contribution in [2.75, 3.05) is 18.6 Å². The van der Waals surface area contributed by atoms with E-state index in [1.54, 1.807) is 11.8 Å². The first-order valence-corrected chi connectivity index (χ1v) is 7.33. The fourth-order valence-electron chi connectivity index (χ4n) is 2.50. The number of carbonyl (C=O) groups excluding carboxylic acids is 3. The van der Waals surface area contributed by atoms with Crippen LogP contribution >= 0.6 is 11.8 Å². The Morgan fingerprint density at radius 1 is 1.56 bits per heavy atom. The first-order valence-electron chi connectivity index (χ1n) is 5.93. The van der Waals surface area contributed by atoms with Crippen molar-refractivity contribution >= 4 is 29.5 Å². The summed E-state index contributed by atoms with van der Waals surface area (Å²) in [6.45, 7) is 2.21. The van der Waals surface area contributed by atoms with Crippen LogP contribution in [-0.4, -0.2) is 59.3 Å². The molecule has 3 amide bonds. The van der Waals surface area contributed by atoms with E-state index in [0.29, 0.717) is 18.7 Å². The first kappa shape index (κ1) is 13.2. The summed E-state index contributed by atoms with van der Waals surface area (Å²) >= 11 is 1.43. The fourth-order valence-corrected chi connectivity index (χ4v) is 2.85. The van der Waals surface area contributed by atoms with E-state index in [4.69, 9.17) is 0 Å². The van der Waals surface area contributed by atoms with E-state index in [2.05, 4.69) is 10.6 Å². The van der Waals surface area contributed by atoms with Crippen LogP contribution in [0.4, 0.5) is 0 Å². The molecule has 2 aliphatic heterocycles. The number of carbonyl (C=O) groups is 3. The van der Waals surface area contributed by atoms with Gasteiger partial charge in [-0.15, -0.1) is 0 Å². The third-order valence-corrected chi connectivity index (χ3v) is 3.85. The Hall–Kier alpha value is -1.24. The highest BCUT2D eigenvalue weighted by molar-refractivity contribution is 7.99. The highest BCUT2D eigenvalue weighted by Crippen LogP contribution is 2.22. The molecule has 0 aromatic rings. The van der Waals surface area contributed by atoms with Crippen LogP contribution in [0.5, 0.6) is 0 Å². The summed E-state index contributed by atoms with van der Waals surface area (Å²) in [5.74, 6) is 0.0401. The predicted octanol–water partition coefficient (Wildman–Crippen LogP) is -1.05. The minimum absolute atomic E-state index is 0.0683. The van der Waals surface area contributed by atoms with Crippen LogP contribution in [0.2, 0.25) is 0 Å². The maximum Gasteiger partial charge on any atom is 0.245 e. The molecular weight excluding hydrogens is 254 g/mol. The molecular formula is C11H17N3O3S. The second kappa shape index (κ2) is 5.17. The summed E-state index contributed by atoms with van der Waals surface area (Å²) in [7, 11) is 0. The van der Waals surface area contributed by atoms with Crippen molar-refractivity contribution in [2.24, 2.45) is 0 Å². The first-order chi connectivity index (χ1) is 8.54. The summed E-state index contributed by atoms with van der Waals surface area (Å²) in [5.41, 5.74) is 0. The van der Waals surface area contributed by atoms with Gasteiger partial charge in [0.2, 0.25) is 17.7 Å². The molecule has 100 valence electrons. The lowest BCUT2D eigenvalue weighted by Gasteiger charge is -2.35. The Kier molecular flexibility index (Phi) is 3.79. The molecule has 0 unspecified atom stereocenters. The van der Waals surface area contributed by atoms with Gasteiger partial charge in [-0.25, -0.2) is 0 Å². The largest absolute Gasteiger partial charge is 0.350 e. The van der Waals surface area contributed by atoms with Crippen molar-refractivity contribution in [1.29, 1.82) is 0 Å². The quantitative estimate of drug-likeness (QED) is 0.687. The van der Waals surface area contributed by atoms with Gasteiger partial charge in [0.15, 0.2) is 0 Å². The molecule has 0 aromatic heterocycles. The van der Waals surface area contributed by atoms with Gasteiger partial charge >= 0.3 is 0 Å². The SMILES string of the molecule is CSCC(=O)N[C@H]1CCN2C(=O)[C@@H](C)NC(=O)[C@H]12. The lowest BCUT2D eigenvalue weighted by Crippen LogP contribution is -2.64. The molecule has 2 saturated heterocycles. The zero-order valence-corrected chi connectivity index (χ0v) is 11.3. The molecule has 0 radical (unpaired) electrons. The Balaban J connectivity index is 2.06. The average molecular weight is 271 g/mol. The van der Waals surface area contributed by atoms with E-state index in [9.17, 15) is 14.4 Å². The molecule has 7 heteroatoms. The van der Waals surface area contributed by atoms with Gasteiger partial charge in [0.25, 0.3) is 0 Å². The van der Waals surface area contributed by atoms with Crippen LogP contribution < -0.4 is 10.6 Å². The Morgan fingerprint density at radius 3 is 2.94 bits per heavy atom.